The summed E-state index contributed by atoms with van der Waals surface area (Å²) in [5.41, 5.74) is 10.7. The maximum absolute atomic E-state index is 13.2. The predicted molar refractivity (Wildman–Crippen MR) is 163 cm³/mol. The number of aliphatic imine (C=N–C) groups is 1. The van der Waals surface area contributed by atoms with Crippen molar-refractivity contribution >= 4 is 47.8 Å². The highest BCUT2D eigenvalue weighted by molar-refractivity contribution is 5.97. The SMILES string of the molecule is CCC(=O)NC(CCCN(O)C(C)=O)C(=O)NC(CCCN=C(N)N)C(=O)N(O)CCCC1NC(=O)C(CCCN(O)C=O)NC1=O. The van der Waals surface area contributed by atoms with Gasteiger partial charge >= 0.3 is 0 Å². The molecule has 47 heavy (non-hydrogen) atoms. The van der Waals surface area contributed by atoms with E-state index in [-0.39, 0.29) is 96.3 Å². The molecule has 11 N–H and O–H groups in total. The number of amides is 7. The lowest BCUT2D eigenvalue weighted by Crippen LogP contribution is -2.61. The molecule has 20 nitrogen and oxygen atoms in total. The highest BCUT2D eigenvalue weighted by atomic mass is 16.5. The molecule has 1 heterocycles. The first kappa shape index (κ1) is 40.5. The maximum Gasteiger partial charge on any atom is 0.268 e. The minimum Gasteiger partial charge on any atom is -0.370 e. The number of nitrogens with zero attached hydrogens (tertiary/aromatic N) is 4. The molecule has 0 aliphatic carbocycles. The van der Waals surface area contributed by atoms with Crippen LogP contribution in [-0.4, -0.2) is 129 Å². The van der Waals surface area contributed by atoms with Crippen molar-refractivity contribution < 1.29 is 49.2 Å². The van der Waals surface area contributed by atoms with Gasteiger partial charge in [0, 0.05) is 39.5 Å². The first-order valence-corrected chi connectivity index (χ1v) is 15.3. The Bertz CT molecular complexity index is 1120. The van der Waals surface area contributed by atoms with Crippen molar-refractivity contribution in [1.82, 2.24) is 36.5 Å². The average molecular weight is 673 g/mol. The van der Waals surface area contributed by atoms with Crippen molar-refractivity contribution in [3.63, 3.8) is 0 Å². The molecule has 0 bridgehead atoms. The normalized spacial score (nSPS) is 16.9. The molecule has 0 aromatic carbocycles. The maximum atomic E-state index is 13.2. The molecule has 4 unspecified atom stereocenters. The highest BCUT2D eigenvalue weighted by Crippen LogP contribution is 2.11. The number of carbonyl (C=O) groups is 7. The Labute approximate surface area is 272 Å². The molecule has 1 rings (SSSR count). The summed E-state index contributed by atoms with van der Waals surface area (Å²) < 4.78 is 0. The molecule has 266 valence electrons. The van der Waals surface area contributed by atoms with Gasteiger partial charge in [-0.05, 0) is 51.4 Å². The van der Waals surface area contributed by atoms with Crippen LogP contribution in [0.5, 0.6) is 0 Å². The van der Waals surface area contributed by atoms with Gasteiger partial charge in [0.15, 0.2) is 5.96 Å². The minimum atomic E-state index is -1.26. The third-order valence-corrected chi connectivity index (χ3v) is 7.14. The van der Waals surface area contributed by atoms with Crippen molar-refractivity contribution in [3.8, 4) is 0 Å². The standard InChI is InChI=1S/C27H48N10O10/c1-3-22(40)31-18(10-6-14-36(46)17(2)39)23(41)34-21(8-4-12-30-27(28)29)26(44)37(47)15-7-11-20-25(43)32-19(24(42)33-20)9-5-13-35(45)16-38/h16,18-21,45-47H,3-15H2,1-2H3,(H,31,40)(H,32,43)(H,33,42)(H,34,41)(H4,28,29,30). The van der Waals surface area contributed by atoms with Crippen molar-refractivity contribution in [1.29, 1.82) is 0 Å². The summed E-state index contributed by atoms with van der Waals surface area (Å²) in [6.45, 7) is 2.49. The van der Waals surface area contributed by atoms with Crippen molar-refractivity contribution in [3.05, 3.63) is 0 Å². The molecule has 0 aromatic heterocycles. The Hall–Kier alpha value is -4.56. The molecule has 0 aromatic rings. The molecule has 1 fully saturated rings. The summed E-state index contributed by atoms with van der Waals surface area (Å²) in [4.78, 5) is 89.1. The van der Waals surface area contributed by atoms with Crippen LogP contribution in [0.2, 0.25) is 0 Å². The second-order valence-electron chi connectivity index (χ2n) is 10.9. The summed E-state index contributed by atoms with van der Waals surface area (Å²) in [6, 6.07) is -4.15. The Kier molecular flexibility index (Phi) is 18.3. The van der Waals surface area contributed by atoms with E-state index in [4.69, 9.17) is 16.7 Å². The molecule has 0 saturated carbocycles. The summed E-state index contributed by atoms with van der Waals surface area (Å²) in [5.74, 6) is -3.77. The van der Waals surface area contributed by atoms with Gasteiger partial charge in [0.1, 0.15) is 24.2 Å². The van der Waals surface area contributed by atoms with Crippen LogP contribution in [0.4, 0.5) is 0 Å². The van der Waals surface area contributed by atoms with Crippen LogP contribution in [0.15, 0.2) is 4.99 Å². The van der Waals surface area contributed by atoms with Gasteiger partial charge in [-0.15, -0.1) is 0 Å². The number of hydroxylamine groups is 6. The van der Waals surface area contributed by atoms with E-state index in [1.165, 1.54) is 0 Å². The van der Waals surface area contributed by atoms with E-state index >= 15 is 0 Å². The fourth-order valence-electron chi connectivity index (χ4n) is 4.53. The first-order chi connectivity index (χ1) is 22.2. The number of carbonyl (C=O) groups excluding carboxylic acids is 7. The Balaban J connectivity index is 2.83. The molecule has 20 heteroatoms. The van der Waals surface area contributed by atoms with E-state index in [0.29, 0.717) is 15.2 Å². The van der Waals surface area contributed by atoms with Crippen LogP contribution in [0.25, 0.3) is 0 Å². The molecule has 4 atom stereocenters. The fraction of sp³-hybridized carbons (Fsp3) is 0.704. The number of nitrogens with two attached hydrogens (primary N) is 2. The lowest BCUT2D eigenvalue weighted by Gasteiger charge is -2.30. The number of nitrogens with one attached hydrogen (secondary N) is 4. The molecule has 7 amide bonds. The lowest BCUT2D eigenvalue weighted by atomic mass is 10.0. The molecular formula is C27H48N10O10. The summed E-state index contributed by atoms with van der Waals surface area (Å²) >= 11 is 0. The van der Waals surface area contributed by atoms with Gasteiger partial charge in [-0.2, -0.15) is 0 Å². The monoisotopic (exact) mass is 672 g/mol. The summed E-state index contributed by atoms with van der Waals surface area (Å²) in [7, 11) is 0. The van der Waals surface area contributed by atoms with Crippen LogP contribution < -0.4 is 32.7 Å². The van der Waals surface area contributed by atoms with E-state index in [1.807, 2.05) is 0 Å². The number of piperazine rings is 1. The lowest BCUT2D eigenvalue weighted by molar-refractivity contribution is -0.169. The third-order valence-electron chi connectivity index (χ3n) is 7.14. The van der Waals surface area contributed by atoms with Crippen LogP contribution >= 0.6 is 0 Å². The third kappa shape index (κ3) is 15.5. The average Bonchev–Trinajstić information content (AvgIpc) is 3.02. The Morgan fingerprint density at radius 1 is 0.872 bits per heavy atom. The highest BCUT2D eigenvalue weighted by Gasteiger charge is 2.34. The molecule has 1 aliphatic rings. The van der Waals surface area contributed by atoms with E-state index in [1.54, 1.807) is 6.92 Å². The molecule has 1 saturated heterocycles. The van der Waals surface area contributed by atoms with Crippen LogP contribution in [-0.2, 0) is 33.6 Å². The molecule has 1 aliphatic heterocycles. The topological polar surface area (TPSA) is 302 Å². The summed E-state index contributed by atoms with van der Waals surface area (Å²) in [5, 5.41) is 40.9. The quantitative estimate of drug-likeness (QED) is 0.0139. The zero-order valence-corrected chi connectivity index (χ0v) is 26.7. The van der Waals surface area contributed by atoms with Crippen molar-refractivity contribution in [2.45, 2.75) is 95.8 Å². The first-order valence-electron chi connectivity index (χ1n) is 15.3. The second-order valence-corrected chi connectivity index (χ2v) is 10.9. The summed E-state index contributed by atoms with van der Waals surface area (Å²) in [6.07, 6.45) is 1.29. The number of hydrogen-bond acceptors (Lipinski definition) is 11. The van der Waals surface area contributed by atoms with Gasteiger partial charge in [-0.25, -0.2) is 15.2 Å². The Morgan fingerprint density at radius 3 is 1.96 bits per heavy atom. The number of guanidine groups is 1. The van der Waals surface area contributed by atoms with Crippen molar-refractivity contribution in [2.24, 2.45) is 16.5 Å². The smallest absolute Gasteiger partial charge is 0.268 e. The van der Waals surface area contributed by atoms with Crippen LogP contribution in [0.1, 0.15) is 71.6 Å². The van der Waals surface area contributed by atoms with Gasteiger partial charge in [-0.1, -0.05) is 6.92 Å². The van der Waals surface area contributed by atoms with E-state index in [2.05, 4.69) is 26.3 Å². The molecular weight excluding hydrogens is 624 g/mol. The van der Waals surface area contributed by atoms with Gasteiger partial charge in [-0.3, -0.25) is 54.2 Å². The minimum absolute atomic E-state index is 0.00494. The van der Waals surface area contributed by atoms with Gasteiger partial charge in [0.05, 0.1) is 0 Å². The second kappa shape index (κ2) is 21.3. The van der Waals surface area contributed by atoms with E-state index < -0.39 is 59.6 Å². The van der Waals surface area contributed by atoms with Crippen molar-refractivity contribution in [2.75, 3.05) is 26.2 Å². The van der Waals surface area contributed by atoms with E-state index in [0.717, 1.165) is 6.92 Å². The van der Waals surface area contributed by atoms with Crippen LogP contribution in [0, 0.1) is 0 Å². The zero-order chi connectivity index (χ0) is 35.5. The van der Waals surface area contributed by atoms with Crippen LogP contribution in [0.3, 0.4) is 0 Å². The Morgan fingerprint density at radius 2 is 1.43 bits per heavy atom. The van der Waals surface area contributed by atoms with Gasteiger partial charge in [0.2, 0.25) is 35.9 Å². The number of rotatable bonds is 22. The van der Waals surface area contributed by atoms with Gasteiger partial charge < -0.3 is 32.7 Å². The zero-order valence-electron chi connectivity index (χ0n) is 26.7. The van der Waals surface area contributed by atoms with Gasteiger partial charge in [0.25, 0.3) is 5.91 Å². The predicted octanol–water partition coefficient (Wildman–Crippen LogP) is -2.95. The molecule has 0 radical (unpaired) electrons. The fourth-order valence-corrected chi connectivity index (χ4v) is 4.53. The molecule has 0 spiro atoms. The van der Waals surface area contributed by atoms with E-state index in [9.17, 15) is 44.0 Å². The number of hydrogen-bond donors (Lipinski definition) is 9. The largest absolute Gasteiger partial charge is 0.370 e.